The van der Waals surface area contributed by atoms with Gasteiger partial charge in [-0.2, -0.15) is 0 Å². The fourth-order valence-corrected chi connectivity index (χ4v) is 2.42. The summed E-state index contributed by atoms with van der Waals surface area (Å²) in [6, 6.07) is 15.1. The first-order chi connectivity index (χ1) is 8.65. The zero-order valence-corrected chi connectivity index (χ0v) is 12.3. The van der Waals surface area contributed by atoms with Gasteiger partial charge in [-0.05, 0) is 53.9 Å². The van der Waals surface area contributed by atoms with Crippen LogP contribution in [0.2, 0.25) is 0 Å². The summed E-state index contributed by atoms with van der Waals surface area (Å²) in [6.07, 6.45) is 1.02. The molecule has 0 fully saturated rings. The summed E-state index contributed by atoms with van der Waals surface area (Å²) in [5.74, 6) is 0.960. The van der Waals surface area contributed by atoms with Gasteiger partial charge in [0.1, 0.15) is 5.76 Å². The Morgan fingerprint density at radius 2 is 1.83 bits per heavy atom. The molecule has 0 spiro atoms. The zero-order valence-electron chi connectivity index (χ0n) is 10.7. The molecule has 96 valence electrons. The highest BCUT2D eigenvalue weighted by atomic mass is 79.9. The van der Waals surface area contributed by atoms with Gasteiger partial charge in [-0.25, -0.2) is 0 Å². The second-order valence-corrected chi connectivity index (χ2v) is 5.40. The highest BCUT2D eigenvalue weighted by molar-refractivity contribution is 9.10. The number of halogens is 1. The van der Waals surface area contributed by atoms with Crippen LogP contribution in [0, 0.1) is 0 Å². The molecule has 2 rings (SSSR count). The normalized spacial score (nSPS) is 14.4. The van der Waals surface area contributed by atoms with E-state index in [1.165, 1.54) is 5.56 Å². The third-order valence-corrected chi connectivity index (χ3v) is 3.37. The van der Waals surface area contributed by atoms with Gasteiger partial charge < -0.3 is 9.73 Å². The number of rotatable bonds is 5. The average Bonchev–Trinajstić information content (AvgIpc) is 2.77. The van der Waals surface area contributed by atoms with Gasteiger partial charge in [0.05, 0.1) is 6.04 Å². The monoisotopic (exact) mass is 307 g/mol. The third-order valence-electron chi connectivity index (χ3n) is 2.94. The van der Waals surface area contributed by atoms with Gasteiger partial charge in [-0.1, -0.05) is 30.3 Å². The summed E-state index contributed by atoms with van der Waals surface area (Å²) in [7, 11) is 0. The second kappa shape index (κ2) is 6.21. The molecule has 0 amide bonds. The first-order valence-corrected chi connectivity index (χ1v) is 6.99. The Morgan fingerprint density at radius 3 is 2.44 bits per heavy atom. The summed E-state index contributed by atoms with van der Waals surface area (Å²) in [5, 5.41) is 3.54. The van der Waals surface area contributed by atoms with Crippen LogP contribution < -0.4 is 5.32 Å². The van der Waals surface area contributed by atoms with Crippen molar-refractivity contribution >= 4 is 15.9 Å². The van der Waals surface area contributed by atoms with Crippen molar-refractivity contribution in [3.63, 3.8) is 0 Å². The Kier molecular flexibility index (Phi) is 4.61. The molecule has 0 aliphatic heterocycles. The summed E-state index contributed by atoms with van der Waals surface area (Å²) < 4.78 is 6.33. The maximum atomic E-state index is 5.55. The van der Waals surface area contributed by atoms with Crippen LogP contribution in [-0.2, 0) is 6.42 Å². The molecule has 0 saturated carbocycles. The van der Waals surface area contributed by atoms with E-state index in [4.69, 9.17) is 4.42 Å². The molecular formula is C15H18BrNO. The van der Waals surface area contributed by atoms with Crippen LogP contribution in [0.5, 0.6) is 0 Å². The molecule has 0 aliphatic carbocycles. The Bertz CT molecular complexity index is 480. The van der Waals surface area contributed by atoms with Gasteiger partial charge in [-0.15, -0.1) is 0 Å². The van der Waals surface area contributed by atoms with Crippen molar-refractivity contribution in [2.24, 2.45) is 0 Å². The Morgan fingerprint density at radius 1 is 1.11 bits per heavy atom. The summed E-state index contributed by atoms with van der Waals surface area (Å²) in [6.45, 7) is 4.31. The first-order valence-electron chi connectivity index (χ1n) is 6.20. The fourth-order valence-electron chi connectivity index (χ4n) is 2.10. The molecule has 1 aromatic heterocycles. The van der Waals surface area contributed by atoms with Crippen LogP contribution in [0.15, 0.2) is 51.6 Å². The van der Waals surface area contributed by atoms with E-state index < -0.39 is 0 Å². The van der Waals surface area contributed by atoms with Gasteiger partial charge in [-0.3, -0.25) is 0 Å². The van der Waals surface area contributed by atoms with Crippen LogP contribution in [0.25, 0.3) is 0 Å². The largest absolute Gasteiger partial charge is 0.453 e. The summed E-state index contributed by atoms with van der Waals surface area (Å²) >= 11 is 3.33. The molecule has 2 atom stereocenters. The molecule has 0 radical (unpaired) electrons. The molecule has 2 aromatic rings. The number of hydrogen-bond acceptors (Lipinski definition) is 2. The minimum atomic E-state index is 0.218. The van der Waals surface area contributed by atoms with Crippen molar-refractivity contribution in [3.8, 4) is 0 Å². The molecule has 18 heavy (non-hydrogen) atoms. The van der Waals surface area contributed by atoms with Crippen LogP contribution in [-0.4, -0.2) is 6.04 Å². The zero-order chi connectivity index (χ0) is 13.0. The average molecular weight is 308 g/mol. The maximum absolute atomic E-state index is 5.55. The quantitative estimate of drug-likeness (QED) is 0.889. The molecule has 1 aromatic carbocycles. The topological polar surface area (TPSA) is 25.2 Å². The number of benzene rings is 1. The molecule has 3 heteroatoms. The van der Waals surface area contributed by atoms with Crippen molar-refractivity contribution in [2.45, 2.75) is 32.4 Å². The lowest BCUT2D eigenvalue weighted by Gasteiger charge is -2.18. The van der Waals surface area contributed by atoms with Gasteiger partial charge >= 0.3 is 0 Å². The molecular weight excluding hydrogens is 290 g/mol. The number of furan rings is 1. The Hall–Kier alpha value is -1.06. The van der Waals surface area contributed by atoms with E-state index >= 15 is 0 Å². The van der Waals surface area contributed by atoms with Crippen molar-refractivity contribution in [2.75, 3.05) is 0 Å². The maximum Gasteiger partial charge on any atom is 0.169 e. The smallest absolute Gasteiger partial charge is 0.169 e. The van der Waals surface area contributed by atoms with Crippen molar-refractivity contribution in [1.82, 2.24) is 5.32 Å². The van der Waals surface area contributed by atoms with Crippen LogP contribution in [0.3, 0.4) is 0 Å². The molecule has 2 unspecified atom stereocenters. The van der Waals surface area contributed by atoms with Crippen molar-refractivity contribution in [1.29, 1.82) is 0 Å². The number of nitrogens with one attached hydrogen (secondary N) is 1. The number of hydrogen-bond donors (Lipinski definition) is 1. The van der Waals surface area contributed by atoms with Crippen molar-refractivity contribution in [3.05, 3.63) is 58.5 Å². The minimum Gasteiger partial charge on any atom is -0.453 e. The summed E-state index contributed by atoms with van der Waals surface area (Å²) in [4.78, 5) is 0. The standard InChI is InChI=1S/C15H18BrNO/c1-11(10-13-6-4-3-5-7-13)17-12(2)14-8-9-15(16)18-14/h3-9,11-12,17H,10H2,1-2H3. The lowest BCUT2D eigenvalue weighted by atomic mass is 10.1. The highest BCUT2D eigenvalue weighted by Crippen LogP contribution is 2.20. The molecule has 1 heterocycles. The Labute approximate surface area is 117 Å². The van der Waals surface area contributed by atoms with Gasteiger partial charge in [0, 0.05) is 6.04 Å². The van der Waals surface area contributed by atoms with Gasteiger partial charge in [0.25, 0.3) is 0 Å². The lowest BCUT2D eigenvalue weighted by molar-refractivity contribution is 0.389. The minimum absolute atomic E-state index is 0.218. The molecule has 0 bridgehead atoms. The molecule has 0 saturated heterocycles. The highest BCUT2D eigenvalue weighted by Gasteiger charge is 2.12. The van der Waals surface area contributed by atoms with Crippen molar-refractivity contribution < 1.29 is 4.42 Å². The molecule has 0 aliphatic rings. The van der Waals surface area contributed by atoms with Crippen LogP contribution in [0.4, 0.5) is 0 Å². The van der Waals surface area contributed by atoms with Gasteiger partial charge in [0.15, 0.2) is 4.67 Å². The van der Waals surface area contributed by atoms with E-state index in [0.29, 0.717) is 6.04 Å². The first kappa shape index (κ1) is 13.4. The van der Waals surface area contributed by atoms with Crippen LogP contribution in [0.1, 0.15) is 31.2 Å². The predicted octanol–water partition coefficient (Wildman–Crippen LogP) is 4.32. The predicted molar refractivity (Wildman–Crippen MR) is 77.6 cm³/mol. The van der Waals surface area contributed by atoms with E-state index in [2.05, 4.69) is 59.4 Å². The molecule has 1 N–H and O–H groups in total. The third kappa shape index (κ3) is 3.72. The van der Waals surface area contributed by atoms with E-state index in [1.807, 2.05) is 18.2 Å². The Balaban J connectivity index is 1.89. The second-order valence-electron chi connectivity index (χ2n) is 4.62. The van der Waals surface area contributed by atoms with E-state index in [0.717, 1.165) is 16.9 Å². The van der Waals surface area contributed by atoms with E-state index in [-0.39, 0.29) is 6.04 Å². The van der Waals surface area contributed by atoms with E-state index in [1.54, 1.807) is 0 Å². The fraction of sp³-hybridized carbons (Fsp3) is 0.333. The summed E-state index contributed by atoms with van der Waals surface area (Å²) in [5.41, 5.74) is 1.35. The van der Waals surface area contributed by atoms with Gasteiger partial charge in [0.2, 0.25) is 0 Å². The molecule has 2 nitrogen and oxygen atoms in total. The van der Waals surface area contributed by atoms with Crippen LogP contribution >= 0.6 is 15.9 Å². The SMILES string of the molecule is CC(Cc1ccccc1)NC(C)c1ccc(Br)o1. The lowest BCUT2D eigenvalue weighted by Crippen LogP contribution is -2.30. The van der Waals surface area contributed by atoms with E-state index in [9.17, 15) is 0 Å².